The number of likely N-dealkylation sites (tertiary alicyclic amines) is 1. The lowest BCUT2D eigenvalue weighted by atomic mass is 9.93. The van der Waals surface area contributed by atoms with E-state index < -0.39 is 11.8 Å². The maximum Gasteiger partial charge on any atom is 0.261 e. The monoisotopic (exact) mass is 489 g/mol. The molecule has 0 spiro atoms. The van der Waals surface area contributed by atoms with Crippen LogP contribution in [0.5, 0.6) is 0 Å². The van der Waals surface area contributed by atoms with E-state index in [0.717, 1.165) is 28.6 Å². The van der Waals surface area contributed by atoms with Gasteiger partial charge in [-0.2, -0.15) is 0 Å². The third-order valence-electron chi connectivity index (χ3n) is 7.39. The predicted octanol–water partition coefficient (Wildman–Crippen LogP) is 4.43. The van der Waals surface area contributed by atoms with Crippen LogP contribution >= 0.6 is 0 Å². The number of piperidine rings is 1. The van der Waals surface area contributed by atoms with Crippen molar-refractivity contribution in [1.29, 1.82) is 0 Å². The quantitative estimate of drug-likeness (QED) is 0.480. The molecule has 3 aromatic rings. The van der Waals surface area contributed by atoms with E-state index in [1.807, 2.05) is 33.9 Å². The van der Waals surface area contributed by atoms with E-state index in [-0.39, 0.29) is 30.2 Å². The van der Waals surface area contributed by atoms with Gasteiger partial charge < -0.3 is 14.2 Å². The van der Waals surface area contributed by atoms with E-state index in [9.17, 15) is 18.8 Å². The Morgan fingerprint density at radius 2 is 1.69 bits per heavy atom. The lowest BCUT2D eigenvalue weighted by molar-refractivity contribution is -0.0379. The van der Waals surface area contributed by atoms with Gasteiger partial charge in [0.25, 0.3) is 17.7 Å². The lowest BCUT2D eigenvalue weighted by Crippen LogP contribution is -2.46. The molecule has 0 aliphatic carbocycles. The molecule has 186 valence electrons. The standard InChI is InChI=1S/C28H28FN3O4/c1-28(36-2)10-13-30(14-11-28)25(33)21-7-8-24-20(15-21)9-12-31(24)17-19(16-29)18-32-26(34)22-5-3-4-6-23(22)27(32)35/h3-9,12,15-16H,10-11,13-14,17-18H2,1-2H3/b19-16-. The Morgan fingerprint density at radius 1 is 1.03 bits per heavy atom. The van der Waals surface area contributed by atoms with Crippen molar-refractivity contribution >= 4 is 28.6 Å². The highest BCUT2D eigenvalue weighted by Crippen LogP contribution is 2.28. The summed E-state index contributed by atoms with van der Waals surface area (Å²) in [6, 6.07) is 14.0. The molecule has 0 N–H and O–H groups in total. The van der Waals surface area contributed by atoms with Crippen LogP contribution in [-0.2, 0) is 11.3 Å². The van der Waals surface area contributed by atoms with Gasteiger partial charge in [-0.15, -0.1) is 0 Å². The number of aromatic nitrogens is 1. The van der Waals surface area contributed by atoms with Crippen LogP contribution in [-0.4, -0.2) is 64.4 Å². The van der Waals surface area contributed by atoms with Gasteiger partial charge in [0, 0.05) is 49.4 Å². The van der Waals surface area contributed by atoms with E-state index >= 15 is 0 Å². The smallest absolute Gasteiger partial charge is 0.261 e. The fourth-order valence-corrected chi connectivity index (χ4v) is 4.96. The molecule has 2 aliphatic heterocycles. The predicted molar refractivity (Wildman–Crippen MR) is 133 cm³/mol. The summed E-state index contributed by atoms with van der Waals surface area (Å²) in [5.74, 6) is -0.851. The summed E-state index contributed by atoms with van der Waals surface area (Å²) in [5.41, 5.74) is 2.21. The summed E-state index contributed by atoms with van der Waals surface area (Å²) in [6.45, 7) is 3.39. The number of halogens is 1. The number of nitrogens with zero attached hydrogens (tertiary/aromatic N) is 3. The number of imide groups is 1. The van der Waals surface area contributed by atoms with E-state index in [2.05, 4.69) is 6.92 Å². The van der Waals surface area contributed by atoms with Crippen molar-refractivity contribution in [3.05, 3.63) is 83.3 Å². The van der Waals surface area contributed by atoms with Crippen molar-refractivity contribution in [3.8, 4) is 0 Å². The van der Waals surface area contributed by atoms with Crippen LogP contribution in [0, 0.1) is 0 Å². The van der Waals surface area contributed by atoms with Gasteiger partial charge in [-0.3, -0.25) is 19.3 Å². The van der Waals surface area contributed by atoms with Crippen LogP contribution in [0.4, 0.5) is 4.39 Å². The topological polar surface area (TPSA) is 71.8 Å². The van der Waals surface area contributed by atoms with Gasteiger partial charge in [-0.1, -0.05) is 12.1 Å². The van der Waals surface area contributed by atoms with Crippen molar-refractivity contribution in [2.24, 2.45) is 0 Å². The highest BCUT2D eigenvalue weighted by molar-refractivity contribution is 6.21. The zero-order chi connectivity index (χ0) is 25.4. The Kier molecular flexibility index (Phi) is 6.22. The minimum Gasteiger partial charge on any atom is -0.378 e. The molecule has 3 amide bonds. The average molecular weight is 490 g/mol. The molecule has 0 bridgehead atoms. The summed E-state index contributed by atoms with van der Waals surface area (Å²) >= 11 is 0. The van der Waals surface area contributed by atoms with Gasteiger partial charge in [0.15, 0.2) is 0 Å². The molecular weight excluding hydrogens is 461 g/mol. The van der Waals surface area contributed by atoms with E-state index in [0.29, 0.717) is 36.1 Å². The molecule has 5 rings (SSSR count). The molecule has 36 heavy (non-hydrogen) atoms. The first-order valence-corrected chi connectivity index (χ1v) is 12.0. The number of carbonyl (C=O) groups excluding carboxylic acids is 3. The van der Waals surface area contributed by atoms with E-state index in [1.54, 1.807) is 37.4 Å². The fourth-order valence-electron chi connectivity index (χ4n) is 4.96. The van der Waals surface area contributed by atoms with Crippen molar-refractivity contribution < 1.29 is 23.5 Å². The van der Waals surface area contributed by atoms with Crippen LogP contribution < -0.4 is 0 Å². The fraction of sp³-hybridized carbons (Fsp3) is 0.321. The second-order valence-corrected chi connectivity index (χ2v) is 9.67. The van der Waals surface area contributed by atoms with Crippen LogP contribution in [0.1, 0.15) is 50.8 Å². The zero-order valence-corrected chi connectivity index (χ0v) is 20.4. The normalized spacial score (nSPS) is 17.7. The minimum absolute atomic E-state index is 0.0160. The van der Waals surface area contributed by atoms with Crippen molar-refractivity contribution in [2.45, 2.75) is 31.9 Å². The number of methoxy groups -OCH3 is 1. The number of hydrogen-bond donors (Lipinski definition) is 0. The lowest BCUT2D eigenvalue weighted by Gasteiger charge is -2.38. The molecule has 2 aromatic carbocycles. The highest BCUT2D eigenvalue weighted by atomic mass is 19.1. The summed E-state index contributed by atoms with van der Waals surface area (Å²) in [4.78, 5) is 41.3. The van der Waals surface area contributed by atoms with Gasteiger partial charge in [0.05, 0.1) is 29.6 Å². The number of hydrogen-bond acceptors (Lipinski definition) is 4. The molecule has 3 heterocycles. The highest BCUT2D eigenvalue weighted by Gasteiger charge is 2.35. The molecular formula is C28H28FN3O4. The largest absolute Gasteiger partial charge is 0.378 e. The van der Waals surface area contributed by atoms with Crippen LogP contribution in [0.2, 0.25) is 0 Å². The number of rotatable bonds is 6. The molecule has 1 saturated heterocycles. The summed E-state index contributed by atoms with van der Waals surface area (Å²) < 4.78 is 21.3. The minimum atomic E-state index is -0.418. The SMILES string of the molecule is COC1(C)CCN(C(=O)c2ccc3c(ccn3C/C(=C/F)CN3C(=O)c4ccccc4C3=O)c2)CC1. The van der Waals surface area contributed by atoms with Crippen molar-refractivity contribution in [2.75, 3.05) is 26.7 Å². The first-order valence-electron chi connectivity index (χ1n) is 12.0. The van der Waals surface area contributed by atoms with Crippen molar-refractivity contribution in [1.82, 2.24) is 14.4 Å². The second kappa shape index (κ2) is 9.35. The molecule has 0 unspecified atom stereocenters. The molecule has 8 heteroatoms. The molecule has 2 aliphatic rings. The van der Waals surface area contributed by atoms with Gasteiger partial charge >= 0.3 is 0 Å². The summed E-state index contributed by atoms with van der Waals surface area (Å²) in [5, 5.41) is 0.860. The Morgan fingerprint density at radius 3 is 2.31 bits per heavy atom. The Balaban J connectivity index is 1.29. The van der Waals surface area contributed by atoms with Crippen LogP contribution in [0.3, 0.4) is 0 Å². The maximum atomic E-state index is 13.9. The first-order chi connectivity index (χ1) is 17.3. The first kappa shape index (κ1) is 23.9. The summed E-state index contributed by atoms with van der Waals surface area (Å²) in [7, 11) is 1.71. The summed E-state index contributed by atoms with van der Waals surface area (Å²) in [6.07, 6.45) is 3.85. The van der Waals surface area contributed by atoms with Gasteiger partial charge in [-0.25, -0.2) is 4.39 Å². The van der Waals surface area contributed by atoms with Crippen molar-refractivity contribution in [3.63, 3.8) is 0 Å². The molecule has 0 radical (unpaired) electrons. The number of ether oxygens (including phenoxy) is 1. The molecule has 1 fully saturated rings. The second-order valence-electron chi connectivity index (χ2n) is 9.67. The maximum absolute atomic E-state index is 13.9. The number of amides is 3. The number of benzene rings is 2. The van der Waals surface area contributed by atoms with E-state index in [4.69, 9.17) is 4.74 Å². The zero-order valence-electron chi connectivity index (χ0n) is 20.4. The van der Waals surface area contributed by atoms with Crippen LogP contribution in [0.25, 0.3) is 10.9 Å². The van der Waals surface area contributed by atoms with Gasteiger partial charge in [0.2, 0.25) is 0 Å². The molecule has 0 saturated carbocycles. The number of fused-ring (bicyclic) bond motifs is 2. The number of carbonyl (C=O) groups is 3. The van der Waals surface area contributed by atoms with E-state index in [1.165, 1.54) is 0 Å². The Hall–Kier alpha value is -3.78. The Labute approximate surface area is 208 Å². The Bertz CT molecular complexity index is 1350. The molecule has 7 nitrogen and oxygen atoms in total. The van der Waals surface area contributed by atoms with Gasteiger partial charge in [0.1, 0.15) is 0 Å². The molecule has 0 atom stereocenters. The third-order valence-corrected chi connectivity index (χ3v) is 7.39. The molecule has 1 aromatic heterocycles. The van der Waals surface area contributed by atoms with Gasteiger partial charge in [-0.05, 0) is 61.7 Å². The third kappa shape index (κ3) is 4.22. The van der Waals surface area contributed by atoms with Crippen LogP contribution in [0.15, 0.2) is 66.6 Å². The average Bonchev–Trinajstić information content (AvgIpc) is 3.42.